The van der Waals surface area contributed by atoms with Crippen LogP contribution in [0.1, 0.15) is 43.0 Å². The van der Waals surface area contributed by atoms with Crippen LogP contribution in [-0.4, -0.2) is 21.8 Å². The molecule has 128 valence electrons. The van der Waals surface area contributed by atoms with Crippen LogP contribution >= 0.6 is 11.6 Å². The Morgan fingerprint density at radius 2 is 1.38 bits per heavy atom. The van der Waals surface area contributed by atoms with Crippen molar-refractivity contribution >= 4 is 23.2 Å². The Morgan fingerprint density at radius 3 is 2.00 bits per heavy atom. The van der Waals surface area contributed by atoms with Gasteiger partial charge in [0.15, 0.2) is 11.6 Å². The van der Waals surface area contributed by atoms with Crippen molar-refractivity contribution < 1.29 is 19.8 Å². The first-order valence-corrected chi connectivity index (χ1v) is 8.36. The summed E-state index contributed by atoms with van der Waals surface area (Å²) in [7, 11) is 0. The van der Waals surface area contributed by atoms with E-state index < -0.39 is 11.6 Å². The van der Waals surface area contributed by atoms with E-state index in [1.54, 1.807) is 42.5 Å². The van der Waals surface area contributed by atoms with Gasteiger partial charge in [0.05, 0.1) is 11.1 Å². The zero-order valence-electron chi connectivity index (χ0n) is 13.5. The van der Waals surface area contributed by atoms with Crippen LogP contribution in [0.4, 0.5) is 0 Å². The first kappa shape index (κ1) is 16.4. The number of fused-ring (bicyclic) bond motifs is 2. The van der Waals surface area contributed by atoms with Gasteiger partial charge in [-0.2, -0.15) is 0 Å². The van der Waals surface area contributed by atoms with Crippen LogP contribution in [0.25, 0.3) is 0 Å². The highest BCUT2D eigenvalue weighted by Crippen LogP contribution is 2.40. The Hall–Kier alpha value is -3.11. The minimum Gasteiger partial charge on any atom is -0.507 e. The normalized spacial score (nSPS) is 12.7. The molecule has 0 atom stereocenters. The van der Waals surface area contributed by atoms with Crippen LogP contribution in [0.15, 0.2) is 54.6 Å². The second-order valence-corrected chi connectivity index (χ2v) is 6.60. The first-order valence-electron chi connectivity index (χ1n) is 7.98. The summed E-state index contributed by atoms with van der Waals surface area (Å²) in [4.78, 5) is 25.5. The predicted octanol–water partition coefficient (Wildman–Crippen LogP) is 4.12. The van der Waals surface area contributed by atoms with Gasteiger partial charge in [-0.25, -0.2) is 0 Å². The Labute approximate surface area is 154 Å². The summed E-state index contributed by atoms with van der Waals surface area (Å²) >= 11 is 5.88. The molecule has 3 aromatic carbocycles. The number of phenolic OH excluding ortho intramolecular Hbond substituents is 2. The molecule has 4 nitrogen and oxygen atoms in total. The molecule has 0 bridgehead atoms. The third-order valence-electron chi connectivity index (χ3n) is 4.54. The number of rotatable bonds is 2. The number of halogens is 1. The van der Waals surface area contributed by atoms with Gasteiger partial charge in [-0.1, -0.05) is 48.0 Å². The summed E-state index contributed by atoms with van der Waals surface area (Å²) in [6.07, 6.45) is 0.285. The van der Waals surface area contributed by atoms with Crippen molar-refractivity contribution in [2.45, 2.75) is 6.42 Å². The highest BCUT2D eigenvalue weighted by atomic mass is 35.5. The van der Waals surface area contributed by atoms with Crippen molar-refractivity contribution in [3.8, 4) is 11.5 Å². The highest BCUT2D eigenvalue weighted by Gasteiger charge is 2.35. The SMILES string of the molecule is O=C1c2ccccc2C(=O)c2c(O)c(Cc3ccc(Cl)cc3)cc(O)c21. The van der Waals surface area contributed by atoms with E-state index in [2.05, 4.69) is 0 Å². The zero-order valence-corrected chi connectivity index (χ0v) is 14.2. The molecule has 0 aliphatic heterocycles. The lowest BCUT2D eigenvalue weighted by Crippen LogP contribution is -2.21. The number of phenols is 2. The Balaban J connectivity index is 1.87. The summed E-state index contributed by atoms with van der Waals surface area (Å²) in [6, 6.07) is 14.7. The van der Waals surface area contributed by atoms with Gasteiger partial charge in [0, 0.05) is 28.1 Å². The number of aromatic hydroxyl groups is 2. The third kappa shape index (κ3) is 2.47. The molecule has 0 saturated carbocycles. The van der Waals surface area contributed by atoms with Gasteiger partial charge in [0.1, 0.15) is 11.5 Å². The van der Waals surface area contributed by atoms with Crippen molar-refractivity contribution in [1.29, 1.82) is 0 Å². The molecule has 0 fully saturated rings. The number of carbonyl (C=O) groups is 2. The fourth-order valence-corrected chi connectivity index (χ4v) is 3.39. The Bertz CT molecular complexity index is 1070. The molecule has 0 spiro atoms. The number of benzene rings is 3. The minimum absolute atomic E-state index is 0.141. The molecule has 1 aliphatic rings. The third-order valence-corrected chi connectivity index (χ3v) is 4.79. The fraction of sp³-hybridized carbons (Fsp3) is 0.0476. The molecule has 26 heavy (non-hydrogen) atoms. The number of hydrogen-bond acceptors (Lipinski definition) is 4. The van der Waals surface area contributed by atoms with Gasteiger partial charge in [-0.05, 0) is 23.8 Å². The van der Waals surface area contributed by atoms with E-state index >= 15 is 0 Å². The van der Waals surface area contributed by atoms with Gasteiger partial charge >= 0.3 is 0 Å². The summed E-state index contributed by atoms with van der Waals surface area (Å²) < 4.78 is 0. The quantitative estimate of drug-likeness (QED) is 0.525. The Morgan fingerprint density at radius 1 is 0.808 bits per heavy atom. The van der Waals surface area contributed by atoms with Crippen molar-refractivity contribution in [3.63, 3.8) is 0 Å². The summed E-state index contributed by atoms with van der Waals surface area (Å²) in [6.45, 7) is 0. The van der Waals surface area contributed by atoms with E-state index in [0.29, 0.717) is 10.6 Å². The van der Waals surface area contributed by atoms with Gasteiger partial charge in [-0.15, -0.1) is 0 Å². The second-order valence-electron chi connectivity index (χ2n) is 6.16. The zero-order chi connectivity index (χ0) is 18.4. The van der Waals surface area contributed by atoms with E-state index in [1.165, 1.54) is 12.1 Å². The molecule has 1 aliphatic carbocycles. The largest absolute Gasteiger partial charge is 0.507 e. The number of ketones is 2. The summed E-state index contributed by atoms with van der Waals surface area (Å²) in [5.74, 6) is -1.53. The minimum atomic E-state index is -0.471. The standard InChI is InChI=1S/C21H13ClO4/c22-13-7-5-11(6-8-13)9-12-10-16(23)17-18(19(12)24)21(26)15-4-2-1-3-14(15)20(17)25/h1-8,10,23-24H,9H2. The lowest BCUT2D eigenvalue weighted by atomic mass is 9.81. The van der Waals surface area contributed by atoms with Crippen LogP contribution < -0.4 is 0 Å². The average Bonchev–Trinajstić information content (AvgIpc) is 2.64. The van der Waals surface area contributed by atoms with Crippen molar-refractivity contribution in [2.24, 2.45) is 0 Å². The lowest BCUT2D eigenvalue weighted by Gasteiger charge is -2.21. The van der Waals surface area contributed by atoms with E-state index in [9.17, 15) is 19.8 Å². The predicted molar refractivity (Wildman–Crippen MR) is 97.3 cm³/mol. The molecular weight excluding hydrogens is 352 g/mol. The maximum Gasteiger partial charge on any atom is 0.198 e. The van der Waals surface area contributed by atoms with Crippen LogP contribution in [0, 0.1) is 0 Å². The van der Waals surface area contributed by atoms with Crippen LogP contribution in [0.3, 0.4) is 0 Å². The number of hydrogen-bond donors (Lipinski definition) is 2. The van der Waals surface area contributed by atoms with Crippen molar-refractivity contribution in [3.05, 3.63) is 93.0 Å². The molecule has 0 radical (unpaired) electrons. The molecule has 0 heterocycles. The molecule has 2 N–H and O–H groups in total. The molecule has 0 amide bonds. The van der Waals surface area contributed by atoms with Crippen LogP contribution in [0.2, 0.25) is 5.02 Å². The topological polar surface area (TPSA) is 74.6 Å². The first-order chi connectivity index (χ1) is 12.5. The molecule has 0 unspecified atom stereocenters. The number of carbonyl (C=O) groups excluding carboxylic acids is 2. The summed E-state index contributed by atoms with van der Waals surface area (Å²) in [5.41, 5.74) is 1.38. The Kier molecular flexibility index (Phi) is 3.78. The van der Waals surface area contributed by atoms with Gasteiger partial charge in [-0.3, -0.25) is 9.59 Å². The lowest BCUT2D eigenvalue weighted by molar-refractivity contribution is 0.0974. The van der Waals surface area contributed by atoms with E-state index in [1.807, 2.05) is 0 Å². The van der Waals surface area contributed by atoms with Crippen molar-refractivity contribution in [2.75, 3.05) is 0 Å². The molecule has 4 rings (SSSR count). The molecule has 3 aromatic rings. The monoisotopic (exact) mass is 364 g/mol. The molecule has 5 heteroatoms. The maximum atomic E-state index is 12.8. The van der Waals surface area contributed by atoms with E-state index in [4.69, 9.17) is 11.6 Å². The molecular formula is C21H13ClO4. The van der Waals surface area contributed by atoms with E-state index in [-0.39, 0.29) is 40.2 Å². The second kappa shape index (κ2) is 6.00. The summed E-state index contributed by atoms with van der Waals surface area (Å²) in [5, 5.41) is 21.7. The van der Waals surface area contributed by atoms with Gasteiger partial charge < -0.3 is 10.2 Å². The highest BCUT2D eigenvalue weighted by molar-refractivity contribution is 6.31. The average molecular weight is 365 g/mol. The van der Waals surface area contributed by atoms with Crippen LogP contribution in [-0.2, 0) is 6.42 Å². The smallest absolute Gasteiger partial charge is 0.198 e. The van der Waals surface area contributed by atoms with Crippen molar-refractivity contribution in [1.82, 2.24) is 0 Å². The maximum absolute atomic E-state index is 12.8. The molecule has 0 saturated heterocycles. The van der Waals surface area contributed by atoms with Crippen LogP contribution in [0.5, 0.6) is 11.5 Å². The van der Waals surface area contributed by atoms with Gasteiger partial charge in [0.2, 0.25) is 0 Å². The van der Waals surface area contributed by atoms with Gasteiger partial charge in [0.25, 0.3) is 0 Å². The fourth-order valence-electron chi connectivity index (χ4n) is 3.27. The molecule has 0 aromatic heterocycles. The van der Waals surface area contributed by atoms with E-state index in [0.717, 1.165) is 5.56 Å².